The number of carbonyl (C=O) groups excluding carboxylic acids is 2. The summed E-state index contributed by atoms with van der Waals surface area (Å²) in [5.41, 5.74) is 2.28. The van der Waals surface area contributed by atoms with Crippen molar-refractivity contribution in [2.75, 3.05) is 5.32 Å². The van der Waals surface area contributed by atoms with E-state index in [0.29, 0.717) is 35.0 Å². The minimum atomic E-state index is -0.807. The fourth-order valence-corrected chi connectivity index (χ4v) is 3.53. The predicted molar refractivity (Wildman–Crippen MR) is 123 cm³/mol. The minimum Gasteiger partial charge on any atom is -0.340 e. The SMILES string of the molecule is O=C(NC(CCc1ccccc1)C(=O)Nc1cc(F)cc2ncccc12)c1ccccc1. The fourth-order valence-electron chi connectivity index (χ4n) is 3.53. The van der Waals surface area contributed by atoms with Crippen LogP contribution in [0.1, 0.15) is 22.3 Å². The molecule has 4 rings (SSSR count). The number of pyridine rings is 1. The molecule has 3 aromatic carbocycles. The molecule has 1 heterocycles. The van der Waals surface area contributed by atoms with Crippen LogP contribution in [0.4, 0.5) is 10.1 Å². The largest absolute Gasteiger partial charge is 0.340 e. The lowest BCUT2D eigenvalue weighted by Gasteiger charge is -2.19. The summed E-state index contributed by atoms with van der Waals surface area (Å²) in [6.07, 6.45) is 2.55. The van der Waals surface area contributed by atoms with Gasteiger partial charge in [-0.05, 0) is 48.7 Å². The average Bonchev–Trinajstić information content (AvgIpc) is 2.82. The van der Waals surface area contributed by atoms with Gasteiger partial charge in [-0.15, -0.1) is 0 Å². The van der Waals surface area contributed by atoms with Gasteiger partial charge in [0.05, 0.1) is 11.2 Å². The molecule has 0 aliphatic heterocycles. The minimum absolute atomic E-state index is 0.316. The molecule has 0 bridgehead atoms. The third-order valence-corrected chi connectivity index (χ3v) is 5.17. The number of benzene rings is 3. The Kier molecular flexibility index (Phi) is 6.51. The smallest absolute Gasteiger partial charge is 0.251 e. The van der Waals surface area contributed by atoms with Gasteiger partial charge in [-0.2, -0.15) is 0 Å². The van der Waals surface area contributed by atoms with E-state index in [1.807, 2.05) is 36.4 Å². The summed E-state index contributed by atoms with van der Waals surface area (Å²) in [7, 11) is 0. The molecule has 0 aliphatic carbocycles. The van der Waals surface area contributed by atoms with Crippen LogP contribution in [0.15, 0.2) is 91.1 Å². The van der Waals surface area contributed by atoms with Gasteiger partial charge in [0.1, 0.15) is 11.9 Å². The van der Waals surface area contributed by atoms with Gasteiger partial charge in [0.15, 0.2) is 0 Å². The Balaban J connectivity index is 1.57. The number of halogens is 1. The Hall–Kier alpha value is -4.06. The van der Waals surface area contributed by atoms with E-state index in [-0.39, 0.29) is 5.91 Å². The Morgan fingerprint density at radius 3 is 2.38 bits per heavy atom. The molecule has 0 fully saturated rings. The monoisotopic (exact) mass is 427 g/mol. The van der Waals surface area contributed by atoms with Gasteiger partial charge in [0.2, 0.25) is 5.91 Å². The third kappa shape index (κ3) is 5.16. The number of hydrogen-bond acceptors (Lipinski definition) is 3. The van der Waals surface area contributed by atoms with E-state index in [4.69, 9.17) is 0 Å². The highest BCUT2D eigenvalue weighted by molar-refractivity contribution is 6.05. The summed E-state index contributed by atoms with van der Waals surface area (Å²) in [6.45, 7) is 0. The highest BCUT2D eigenvalue weighted by Crippen LogP contribution is 2.24. The second-order valence-electron chi connectivity index (χ2n) is 7.43. The van der Waals surface area contributed by atoms with Crippen molar-refractivity contribution in [3.8, 4) is 0 Å². The number of aryl methyl sites for hydroxylation is 1. The molecule has 1 aromatic heterocycles. The van der Waals surface area contributed by atoms with Gasteiger partial charge in [0, 0.05) is 23.2 Å². The maximum atomic E-state index is 14.1. The maximum Gasteiger partial charge on any atom is 0.251 e. The Labute approximate surface area is 185 Å². The van der Waals surface area contributed by atoms with Gasteiger partial charge in [-0.25, -0.2) is 4.39 Å². The third-order valence-electron chi connectivity index (χ3n) is 5.17. The van der Waals surface area contributed by atoms with Crippen LogP contribution >= 0.6 is 0 Å². The molecule has 160 valence electrons. The van der Waals surface area contributed by atoms with E-state index < -0.39 is 17.8 Å². The molecule has 0 aliphatic rings. The maximum absolute atomic E-state index is 14.1. The van der Waals surface area contributed by atoms with Crippen molar-refractivity contribution in [3.63, 3.8) is 0 Å². The lowest BCUT2D eigenvalue weighted by atomic mass is 10.0. The summed E-state index contributed by atoms with van der Waals surface area (Å²) in [4.78, 5) is 30.1. The van der Waals surface area contributed by atoms with Gasteiger partial charge < -0.3 is 10.6 Å². The molecule has 0 radical (unpaired) electrons. The van der Waals surface area contributed by atoms with E-state index in [9.17, 15) is 14.0 Å². The zero-order chi connectivity index (χ0) is 22.3. The predicted octanol–water partition coefficient (Wildman–Crippen LogP) is 4.74. The first kappa shape index (κ1) is 21.2. The van der Waals surface area contributed by atoms with E-state index in [1.54, 1.807) is 42.6 Å². The molecule has 4 aromatic rings. The van der Waals surface area contributed by atoms with E-state index in [0.717, 1.165) is 5.56 Å². The topological polar surface area (TPSA) is 71.1 Å². The second-order valence-corrected chi connectivity index (χ2v) is 7.43. The normalized spacial score (nSPS) is 11.7. The lowest BCUT2D eigenvalue weighted by molar-refractivity contribution is -0.118. The molecule has 0 spiro atoms. The van der Waals surface area contributed by atoms with E-state index in [2.05, 4.69) is 15.6 Å². The number of rotatable bonds is 7. The molecule has 0 saturated carbocycles. The van der Waals surface area contributed by atoms with Gasteiger partial charge in [-0.1, -0.05) is 48.5 Å². The number of nitrogens with one attached hydrogen (secondary N) is 2. The summed E-state index contributed by atoms with van der Waals surface area (Å²) < 4.78 is 14.1. The molecular weight excluding hydrogens is 405 g/mol. The molecule has 6 heteroatoms. The number of amides is 2. The number of fused-ring (bicyclic) bond motifs is 1. The quantitative estimate of drug-likeness (QED) is 0.447. The van der Waals surface area contributed by atoms with Crippen molar-refractivity contribution in [1.82, 2.24) is 10.3 Å². The van der Waals surface area contributed by atoms with Crippen LogP contribution < -0.4 is 10.6 Å². The van der Waals surface area contributed by atoms with E-state index in [1.165, 1.54) is 12.1 Å². The number of nitrogens with zero attached hydrogens (tertiary/aromatic N) is 1. The molecule has 32 heavy (non-hydrogen) atoms. The summed E-state index contributed by atoms with van der Waals surface area (Å²) in [5, 5.41) is 6.23. The van der Waals surface area contributed by atoms with Crippen LogP contribution in [-0.2, 0) is 11.2 Å². The number of hydrogen-bond donors (Lipinski definition) is 2. The number of carbonyl (C=O) groups is 2. The van der Waals surface area contributed by atoms with Crippen LogP contribution in [0.25, 0.3) is 10.9 Å². The van der Waals surface area contributed by atoms with Crippen LogP contribution in [0.2, 0.25) is 0 Å². The highest BCUT2D eigenvalue weighted by Gasteiger charge is 2.22. The summed E-state index contributed by atoms with van der Waals surface area (Å²) >= 11 is 0. The molecule has 1 atom stereocenters. The van der Waals surface area contributed by atoms with Crippen LogP contribution in [0.5, 0.6) is 0 Å². The molecule has 5 nitrogen and oxygen atoms in total. The zero-order valence-corrected chi connectivity index (χ0v) is 17.3. The molecular formula is C26H22FN3O2. The Bertz CT molecular complexity index is 1230. The van der Waals surface area contributed by atoms with Crippen molar-refractivity contribution < 1.29 is 14.0 Å². The average molecular weight is 427 g/mol. The number of anilines is 1. The first-order chi connectivity index (χ1) is 15.6. The standard InChI is InChI=1S/C26H22FN3O2/c27-20-16-23-21(12-7-15-28-23)24(17-20)30-26(32)22(14-13-18-8-3-1-4-9-18)29-25(31)19-10-5-2-6-11-19/h1-12,15-17,22H,13-14H2,(H,29,31)(H,30,32). The van der Waals surface area contributed by atoms with E-state index >= 15 is 0 Å². The van der Waals surface area contributed by atoms with Crippen LogP contribution in [0.3, 0.4) is 0 Å². The Morgan fingerprint density at radius 2 is 1.62 bits per heavy atom. The summed E-state index contributed by atoms with van der Waals surface area (Å²) in [5.74, 6) is -1.26. The first-order valence-electron chi connectivity index (χ1n) is 10.3. The van der Waals surface area contributed by atoms with Crippen molar-refractivity contribution in [1.29, 1.82) is 0 Å². The van der Waals surface area contributed by atoms with Gasteiger partial charge >= 0.3 is 0 Å². The number of aromatic nitrogens is 1. The summed E-state index contributed by atoms with van der Waals surface area (Å²) in [6, 6.07) is 23.7. The lowest BCUT2D eigenvalue weighted by Crippen LogP contribution is -2.44. The Morgan fingerprint density at radius 1 is 0.906 bits per heavy atom. The first-order valence-corrected chi connectivity index (χ1v) is 10.3. The van der Waals surface area contributed by atoms with Crippen molar-refractivity contribution in [2.24, 2.45) is 0 Å². The van der Waals surface area contributed by atoms with Crippen LogP contribution in [-0.4, -0.2) is 22.8 Å². The van der Waals surface area contributed by atoms with Gasteiger partial charge in [0.25, 0.3) is 5.91 Å². The zero-order valence-electron chi connectivity index (χ0n) is 17.3. The van der Waals surface area contributed by atoms with Gasteiger partial charge in [-0.3, -0.25) is 14.6 Å². The second kappa shape index (κ2) is 9.83. The molecule has 2 N–H and O–H groups in total. The molecule has 0 saturated heterocycles. The highest BCUT2D eigenvalue weighted by atomic mass is 19.1. The van der Waals surface area contributed by atoms with Crippen molar-refractivity contribution in [3.05, 3.63) is 108 Å². The van der Waals surface area contributed by atoms with Crippen molar-refractivity contribution in [2.45, 2.75) is 18.9 Å². The molecule has 1 unspecified atom stereocenters. The fraction of sp³-hybridized carbons (Fsp3) is 0.115. The van der Waals surface area contributed by atoms with Crippen molar-refractivity contribution >= 4 is 28.4 Å². The molecule has 2 amide bonds. The van der Waals surface area contributed by atoms with Crippen LogP contribution in [0, 0.1) is 5.82 Å².